The fourth-order valence-corrected chi connectivity index (χ4v) is 6.94. The summed E-state index contributed by atoms with van der Waals surface area (Å²) in [5.41, 5.74) is 11.1. The number of carbonyl (C=O) groups is 12. The number of aliphatic hydroxyl groups excluding tert-OH is 3. The van der Waals surface area contributed by atoms with Crippen molar-refractivity contribution in [3.8, 4) is 0 Å². The van der Waals surface area contributed by atoms with Crippen LogP contribution in [0.15, 0.2) is 42.9 Å². The van der Waals surface area contributed by atoms with Gasteiger partial charge in [0.1, 0.15) is 54.4 Å². The maximum Gasteiger partial charge on any atom is 0.245 e. The summed E-state index contributed by atoms with van der Waals surface area (Å²) in [6.07, 6.45) is 1.80. The predicted molar refractivity (Wildman–Crippen MR) is 263 cm³/mol. The van der Waals surface area contributed by atoms with E-state index in [1.807, 2.05) is 13.8 Å². The molecule has 12 amide bonds. The number of carbonyl (C=O) groups excluding carboxylic acids is 12. The molecule has 0 aliphatic carbocycles. The number of hydrogen-bond donors (Lipinski definition) is 16. The quantitative estimate of drug-likeness (QED) is 0.0324. The minimum Gasteiger partial charge on any atom is -0.394 e. The first-order chi connectivity index (χ1) is 35.3. The molecule has 0 saturated carbocycles. The number of aliphatic hydroxyl groups is 3. The molecule has 0 aliphatic heterocycles. The van der Waals surface area contributed by atoms with E-state index in [1.165, 1.54) is 40.2 Å². The molecule has 0 radical (unpaired) electrons. The molecule has 1 aromatic heterocycles. The number of nitrogens with two attached hydrogens (primary N) is 2. The largest absolute Gasteiger partial charge is 0.394 e. The lowest BCUT2D eigenvalue weighted by Crippen LogP contribution is -2.62. The molecule has 0 fully saturated rings. The molecule has 29 nitrogen and oxygen atoms in total. The maximum absolute atomic E-state index is 13.8. The summed E-state index contributed by atoms with van der Waals surface area (Å²) in [7, 11) is 0. The van der Waals surface area contributed by atoms with Crippen LogP contribution in [0.3, 0.4) is 0 Å². The molecule has 1 aromatic carbocycles. The van der Waals surface area contributed by atoms with E-state index in [1.54, 1.807) is 30.3 Å². The van der Waals surface area contributed by atoms with Gasteiger partial charge in [-0.25, -0.2) is 4.98 Å². The van der Waals surface area contributed by atoms with Crippen molar-refractivity contribution in [2.45, 2.75) is 122 Å². The lowest BCUT2D eigenvalue weighted by atomic mass is 10.0. The number of nitrogens with one attached hydrogen (secondary N) is 11. The van der Waals surface area contributed by atoms with E-state index < -0.39 is 164 Å². The average molecular weight is 1060 g/mol. The summed E-state index contributed by atoms with van der Waals surface area (Å²) >= 11 is 0. The second kappa shape index (κ2) is 31.5. The average Bonchev–Trinajstić information content (AvgIpc) is 3.86. The molecular weight excluding hydrogens is 989 g/mol. The highest BCUT2D eigenvalue weighted by atomic mass is 16.3. The van der Waals surface area contributed by atoms with Crippen LogP contribution in [0.1, 0.15) is 65.6 Å². The van der Waals surface area contributed by atoms with Gasteiger partial charge in [-0.3, -0.25) is 57.5 Å². The Morgan fingerprint density at radius 1 is 0.533 bits per heavy atom. The Hall–Kier alpha value is -8.05. The van der Waals surface area contributed by atoms with Gasteiger partial charge in [0.2, 0.25) is 70.9 Å². The highest BCUT2D eigenvalue weighted by Crippen LogP contribution is 2.10. The zero-order chi connectivity index (χ0) is 56.5. The Kier molecular flexibility index (Phi) is 26.5. The Balaban J connectivity index is 2.23. The number of nitrogens with zero attached hydrogens (tertiary/aromatic N) is 1. The fourth-order valence-electron chi connectivity index (χ4n) is 6.94. The van der Waals surface area contributed by atoms with E-state index in [2.05, 4.69) is 63.1 Å². The Morgan fingerprint density at radius 2 is 1.00 bits per heavy atom. The highest BCUT2D eigenvalue weighted by Gasteiger charge is 2.35. The second-order valence-electron chi connectivity index (χ2n) is 18.1. The normalized spacial score (nSPS) is 14.6. The number of H-pyrrole nitrogens is 1. The van der Waals surface area contributed by atoms with Crippen LogP contribution in [0.25, 0.3) is 0 Å². The third-order valence-electron chi connectivity index (χ3n) is 10.8. The van der Waals surface area contributed by atoms with E-state index >= 15 is 0 Å². The van der Waals surface area contributed by atoms with Crippen molar-refractivity contribution in [3.05, 3.63) is 54.1 Å². The van der Waals surface area contributed by atoms with Gasteiger partial charge in [-0.15, -0.1) is 0 Å². The number of aromatic amines is 1. The lowest BCUT2D eigenvalue weighted by Gasteiger charge is -2.28. The molecule has 0 spiro atoms. The number of rotatable bonds is 32. The van der Waals surface area contributed by atoms with Gasteiger partial charge >= 0.3 is 0 Å². The van der Waals surface area contributed by atoms with Crippen LogP contribution in [-0.4, -0.2) is 177 Å². The van der Waals surface area contributed by atoms with E-state index in [4.69, 9.17) is 11.5 Å². The molecule has 0 saturated heterocycles. The Bertz CT molecular complexity index is 2300. The minimum atomic E-state index is -1.83. The third kappa shape index (κ3) is 22.3. The van der Waals surface area contributed by atoms with E-state index in [-0.39, 0.29) is 25.2 Å². The van der Waals surface area contributed by atoms with Gasteiger partial charge in [0.05, 0.1) is 39.1 Å². The fraction of sp³-hybridized carbons (Fsp3) is 0.543. The van der Waals surface area contributed by atoms with Crippen molar-refractivity contribution < 1.29 is 72.9 Å². The minimum absolute atomic E-state index is 0.0289. The standard InChI is InChI=1S/C46H70N14O15/c1-22(2)12-28(53-25(6)64)41(70)54-29(13-26-10-8-7-9-11-26)42(71)57-32(18-61)43(72)55-30(14-27-16-49-21-51-27)40(69)52-24(5)38(67)60-37(23(3)4)46(75)59-34(20-63)45(74)58-33(19-62)44(73)56-31(15-35(47)65)39(68)50-17-36(48)66/h7-11,16,21-24,28-34,37,61-63H,12-15,17-20H2,1-6H3,(H2,47,65)(H2,48,66)(H,49,51)(H,50,68)(H,52,69)(H,53,64)(H,54,70)(H,55,72)(H,56,73)(H,57,71)(H,58,74)(H,59,75)(H,60,67)/t24-,28-,29-,30-,31-,32-,33-,34-,37-/m0/s1. The van der Waals surface area contributed by atoms with Gasteiger partial charge in [-0.2, -0.15) is 0 Å². The van der Waals surface area contributed by atoms with Gasteiger partial charge < -0.3 is 84.9 Å². The first kappa shape index (κ1) is 63.1. The third-order valence-corrected chi connectivity index (χ3v) is 10.8. The van der Waals surface area contributed by atoms with Crippen molar-refractivity contribution in [2.75, 3.05) is 26.4 Å². The van der Waals surface area contributed by atoms with E-state index in [0.717, 1.165) is 0 Å². The summed E-state index contributed by atoms with van der Waals surface area (Å²) in [5.74, 6) is -12.3. The molecule has 1 heterocycles. The molecule has 75 heavy (non-hydrogen) atoms. The monoisotopic (exact) mass is 1060 g/mol. The first-order valence-corrected chi connectivity index (χ1v) is 23.7. The first-order valence-electron chi connectivity index (χ1n) is 23.7. The van der Waals surface area contributed by atoms with Crippen LogP contribution in [-0.2, 0) is 70.4 Å². The summed E-state index contributed by atoms with van der Waals surface area (Å²) < 4.78 is 0. The number of amides is 12. The molecule has 2 rings (SSSR count). The second-order valence-corrected chi connectivity index (χ2v) is 18.1. The van der Waals surface area contributed by atoms with Crippen LogP contribution < -0.4 is 64.6 Å². The van der Waals surface area contributed by atoms with E-state index in [9.17, 15) is 72.9 Å². The lowest BCUT2D eigenvalue weighted by molar-refractivity contribution is -0.137. The van der Waals surface area contributed by atoms with Crippen molar-refractivity contribution in [3.63, 3.8) is 0 Å². The van der Waals surface area contributed by atoms with Crippen molar-refractivity contribution >= 4 is 70.9 Å². The smallest absolute Gasteiger partial charge is 0.245 e. The Morgan fingerprint density at radius 3 is 1.45 bits per heavy atom. The molecule has 0 unspecified atom stereocenters. The van der Waals surface area contributed by atoms with Crippen LogP contribution in [0, 0.1) is 11.8 Å². The molecule has 2 aromatic rings. The Labute approximate surface area is 431 Å². The number of primary amides is 2. The summed E-state index contributed by atoms with van der Waals surface area (Å²) in [6, 6.07) is -5.12. The summed E-state index contributed by atoms with van der Waals surface area (Å²) in [4.78, 5) is 162. The molecule has 29 heteroatoms. The van der Waals surface area contributed by atoms with Crippen molar-refractivity contribution in [1.29, 1.82) is 0 Å². The predicted octanol–water partition coefficient (Wildman–Crippen LogP) is -7.25. The molecule has 0 aliphatic rings. The van der Waals surface area contributed by atoms with Crippen LogP contribution >= 0.6 is 0 Å². The molecule has 18 N–H and O–H groups in total. The van der Waals surface area contributed by atoms with Crippen molar-refractivity contribution in [2.24, 2.45) is 23.3 Å². The molecule has 0 bridgehead atoms. The molecule has 9 atom stereocenters. The van der Waals surface area contributed by atoms with Crippen LogP contribution in [0.4, 0.5) is 0 Å². The summed E-state index contributed by atoms with van der Waals surface area (Å²) in [5, 5.41) is 53.7. The highest BCUT2D eigenvalue weighted by molar-refractivity contribution is 5.99. The summed E-state index contributed by atoms with van der Waals surface area (Å²) in [6.45, 7) is 5.38. The van der Waals surface area contributed by atoms with Gasteiger partial charge in [0, 0.05) is 31.7 Å². The zero-order valence-corrected chi connectivity index (χ0v) is 42.4. The topological polar surface area (TPSA) is 467 Å². The van der Waals surface area contributed by atoms with Crippen LogP contribution in [0.5, 0.6) is 0 Å². The zero-order valence-electron chi connectivity index (χ0n) is 42.4. The number of hydrogen-bond acceptors (Lipinski definition) is 16. The molecular formula is C46H70N14O15. The number of imidazole rings is 1. The van der Waals surface area contributed by atoms with E-state index in [0.29, 0.717) is 11.3 Å². The van der Waals surface area contributed by atoms with Crippen LogP contribution in [0.2, 0.25) is 0 Å². The van der Waals surface area contributed by atoms with Gasteiger partial charge in [-0.1, -0.05) is 58.0 Å². The van der Waals surface area contributed by atoms with Gasteiger partial charge in [0.15, 0.2) is 0 Å². The molecule has 414 valence electrons. The number of benzene rings is 1. The van der Waals surface area contributed by atoms with Gasteiger partial charge in [0.25, 0.3) is 0 Å². The number of aromatic nitrogens is 2. The van der Waals surface area contributed by atoms with Gasteiger partial charge in [-0.05, 0) is 30.7 Å². The maximum atomic E-state index is 13.8. The SMILES string of the molecule is CC(=O)N[C@@H](CC(C)C)C(=O)N[C@@H](Cc1ccccc1)C(=O)N[C@@H](CO)C(=O)N[C@@H](Cc1cnc[nH]1)C(=O)N[C@@H](C)C(=O)N[C@H](C(=O)N[C@@H](CO)C(=O)N[C@@H](CO)C(=O)N[C@@H](CC(N)=O)C(=O)NCC(N)=O)C(C)C. The van der Waals surface area contributed by atoms with Crippen molar-refractivity contribution in [1.82, 2.24) is 63.1 Å².